The summed E-state index contributed by atoms with van der Waals surface area (Å²) < 4.78 is 14.1. The van der Waals surface area contributed by atoms with E-state index in [-0.39, 0.29) is 5.82 Å². The molecule has 1 unspecified atom stereocenters. The Kier molecular flexibility index (Phi) is 4.46. The zero-order valence-corrected chi connectivity index (χ0v) is 14.9. The van der Waals surface area contributed by atoms with Crippen LogP contribution in [0.2, 0.25) is 10.0 Å². The minimum atomic E-state index is -0.615. The Morgan fingerprint density at radius 3 is 2.84 bits per heavy atom. The van der Waals surface area contributed by atoms with Crippen molar-refractivity contribution in [3.63, 3.8) is 0 Å². The van der Waals surface area contributed by atoms with Crippen LogP contribution in [0.4, 0.5) is 4.39 Å². The summed E-state index contributed by atoms with van der Waals surface area (Å²) in [6.07, 6.45) is 0.174. The minimum Gasteiger partial charge on any atom is -0.387 e. The molecule has 2 heterocycles. The highest BCUT2D eigenvalue weighted by atomic mass is 35.5. The zero-order valence-electron chi connectivity index (χ0n) is 13.4. The van der Waals surface area contributed by atoms with Crippen LogP contribution in [-0.4, -0.2) is 28.1 Å². The van der Waals surface area contributed by atoms with E-state index in [1.54, 1.807) is 12.1 Å². The molecule has 130 valence electrons. The fourth-order valence-electron chi connectivity index (χ4n) is 3.54. The maximum absolute atomic E-state index is 14.1. The number of hydrogen-bond donors (Lipinski definition) is 2. The van der Waals surface area contributed by atoms with Crippen LogP contribution < -0.4 is 0 Å². The van der Waals surface area contributed by atoms with Crippen molar-refractivity contribution in [3.8, 4) is 0 Å². The first-order chi connectivity index (χ1) is 12.0. The van der Waals surface area contributed by atoms with Gasteiger partial charge in [-0.15, -0.1) is 0 Å². The normalized spacial score (nSPS) is 16.2. The van der Waals surface area contributed by atoms with Gasteiger partial charge >= 0.3 is 0 Å². The van der Waals surface area contributed by atoms with Crippen molar-refractivity contribution >= 4 is 34.1 Å². The van der Waals surface area contributed by atoms with Crippen LogP contribution in [-0.2, 0) is 13.0 Å². The van der Waals surface area contributed by atoms with Crippen molar-refractivity contribution in [3.05, 3.63) is 69.1 Å². The van der Waals surface area contributed by atoms with E-state index in [1.165, 1.54) is 6.07 Å². The number of aromatic nitrogens is 1. The smallest absolute Gasteiger partial charge is 0.148 e. The van der Waals surface area contributed by atoms with E-state index in [2.05, 4.69) is 9.88 Å². The van der Waals surface area contributed by atoms with Crippen LogP contribution >= 0.6 is 23.2 Å². The number of aromatic amines is 1. The SMILES string of the molecule is OC(CN1CCc2c([nH]c3c(F)cc(Cl)cc23)C1)c1cccc(Cl)c1. The van der Waals surface area contributed by atoms with E-state index < -0.39 is 6.10 Å². The molecule has 1 aliphatic heterocycles. The molecular weight excluding hydrogens is 362 g/mol. The van der Waals surface area contributed by atoms with Gasteiger partial charge in [0.25, 0.3) is 0 Å². The predicted octanol–water partition coefficient (Wildman–Crippen LogP) is 4.71. The average molecular weight is 379 g/mol. The lowest BCUT2D eigenvalue weighted by atomic mass is 10.0. The second-order valence-corrected chi connectivity index (χ2v) is 7.32. The monoisotopic (exact) mass is 378 g/mol. The fourth-order valence-corrected chi connectivity index (χ4v) is 3.94. The van der Waals surface area contributed by atoms with Crippen molar-refractivity contribution in [1.29, 1.82) is 0 Å². The van der Waals surface area contributed by atoms with Gasteiger partial charge in [-0.25, -0.2) is 4.39 Å². The van der Waals surface area contributed by atoms with E-state index >= 15 is 0 Å². The molecule has 0 aliphatic carbocycles. The number of nitrogens with one attached hydrogen (secondary N) is 1. The molecule has 1 aliphatic rings. The van der Waals surface area contributed by atoms with Crippen LogP contribution in [0.1, 0.15) is 22.9 Å². The third-order valence-corrected chi connectivity index (χ3v) is 5.20. The molecule has 25 heavy (non-hydrogen) atoms. The number of fused-ring (bicyclic) bond motifs is 3. The number of aliphatic hydroxyl groups is 1. The van der Waals surface area contributed by atoms with Gasteiger partial charge in [0, 0.05) is 40.8 Å². The molecule has 3 nitrogen and oxygen atoms in total. The number of hydrogen-bond acceptors (Lipinski definition) is 2. The first-order valence-corrected chi connectivity index (χ1v) is 8.91. The Labute approximate surface area is 155 Å². The highest BCUT2D eigenvalue weighted by Crippen LogP contribution is 2.32. The summed E-state index contributed by atoms with van der Waals surface area (Å²) in [7, 11) is 0. The quantitative estimate of drug-likeness (QED) is 0.692. The van der Waals surface area contributed by atoms with Gasteiger partial charge in [0.05, 0.1) is 11.6 Å². The molecule has 3 aromatic rings. The summed E-state index contributed by atoms with van der Waals surface area (Å²) in [6, 6.07) is 10.4. The number of β-amino-alcohol motifs (C(OH)–C–C–N with tert-alkyl or cyclic N) is 1. The molecule has 1 aromatic heterocycles. The Balaban J connectivity index is 1.56. The Bertz CT molecular complexity index is 941. The minimum absolute atomic E-state index is 0.331. The zero-order chi connectivity index (χ0) is 17.6. The average Bonchev–Trinajstić information content (AvgIpc) is 2.93. The van der Waals surface area contributed by atoms with Gasteiger partial charge in [0.1, 0.15) is 5.82 Å². The second-order valence-electron chi connectivity index (χ2n) is 6.45. The maximum atomic E-state index is 14.1. The van der Waals surface area contributed by atoms with Gasteiger partial charge in [-0.3, -0.25) is 4.90 Å². The van der Waals surface area contributed by atoms with E-state index in [4.69, 9.17) is 23.2 Å². The summed E-state index contributed by atoms with van der Waals surface area (Å²) in [6.45, 7) is 1.93. The molecule has 0 fully saturated rings. The lowest BCUT2D eigenvalue weighted by Gasteiger charge is -2.29. The molecule has 6 heteroatoms. The van der Waals surface area contributed by atoms with Crippen molar-refractivity contribution < 1.29 is 9.50 Å². The van der Waals surface area contributed by atoms with Gasteiger partial charge < -0.3 is 10.1 Å². The summed E-state index contributed by atoms with van der Waals surface area (Å²) in [5, 5.41) is 12.4. The largest absolute Gasteiger partial charge is 0.387 e. The third kappa shape index (κ3) is 3.27. The molecule has 1 atom stereocenters. The first-order valence-electron chi connectivity index (χ1n) is 8.15. The Morgan fingerprint density at radius 2 is 2.04 bits per heavy atom. The molecule has 0 bridgehead atoms. The second kappa shape index (κ2) is 6.61. The molecule has 0 saturated heterocycles. The van der Waals surface area contributed by atoms with Gasteiger partial charge in [0.15, 0.2) is 0 Å². The topological polar surface area (TPSA) is 39.3 Å². The van der Waals surface area contributed by atoms with Crippen LogP contribution in [0.15, 0.2) is 36.4 Å². The highest BCUT2D eigenvalue weighted by molar-refractivity contribution is 6.31. The molecular formula is C19H17Cl2FN2O. The van der Waals surface area contributed by atoms with Crippen LogP contribution in [0.3, 0.4) is 0 Å². The standard InChI is InChI=1S/C19H17Cl2FN2O/c20-12-3-1-2-11(6-12)18(25)10-24-5-4-14-15-7-13(21)8-16(22)19(15)23-17(14)9-24/h1-3,6-8,18,23,25H,4-5,9-10H2. The molecule has 0 saturated carbocycles. The van der Waals surface area contributed by atoms with Crippen LogP contribution in [0.25, 0.3) is 10.9 Å². The lowest BCUT2D eigenvalue weighted by Crippen LogP contribution is -2.33. The fraction of sp³-hybridized carbons (Fsp3) is 0.263. The Morgan fingerprint density at radius 1 is 1.20 bits per heavy atom. The summed E-state index contributed by atoms with van der Waals surface area (Å²) in [4.78, 5) is 5.34. The number of aliphatic hydroxyl groups excluding tert-OH is 1. The highest BCUT2D eigenvalue weighted by Gasteiger charge is 2.24. The van der Waals surface area contributed by atoms with Gasteiger partial charge in [-0.1, -0.05) is 35.3 Å². The molecule has 0 amide bonds. The number of rotatable bonds is 3. The summed E-state index contributed by atoms with van der Waals surface area (Å²) in [5.41, 5.74) is 3.41. The van der Waals surface area contributed by atoms with E-state index in [0.29, 0.717) is 28.7 Å². The van der Waals surface area contributed by atoms with Gasteiger partial charge in [0.2, 0.25) is 0 Å². The Hall–Kier alpha value is -1.59. The number of halogens is 3. The molecule has 2 N–H and O–H groups in total. The van der Waals surface area contributed by atoms with Crippen molar-refractivity contribution in [2.45, 2.75) is 19.1 Å². The first kappa shape index (κ1) is 16.9. The van der Waals surface area contributed by atoms with Gasteiger partial charge in [-0.2, -0.15) is 0 Å². The van der Waals surface area contributed by atoms with E-state index in [0.717, 1.165) is 35.2 Å². The van der Waals surface area contributed by atoms with Crippen LogP contribution in [0, 0.1) is 5.82 Å². The predicted molar refractivity (Wildman–Crippen MR) is 98.7 cm³/mol. The van der Waals surface area contributed by atoms with Crippen LogP contribution in [0.5, 0.6) is 0 Å². The number of nitrogens with zero attached hydrogens (tertiary/aromatic N) is 1. The number of benzene rings is 2. The molecule has 4 rings (SSSR count). The molecule has 0 radical (unpaired) electrons. The lowest BCUT2D eigenvalue weighted by molar-refractivity contribution is 0.105. The molecule has 2 aromatic carbocycles. The van der Waals surface area contributed by atoms with E-state index in [9.17, 15) is 9.50 Å². The third-order valence-electron chi connectivity index (χ3n) is 4.74. The summed E-state index contributed by atoms with van der Waals surface area (Å²) >= 11 is 12.0. The van der Waals surface area contributed by atoms with E-state index in [1.807, 2.05) is 18.2 Å². The maximum Gasteiger partial charge on any atom is 0.148 e. The summed E-state index contributed by atoms with van der Waals surface area (Å²) in [5.74, 6) is -0.331. The van der Waals surface area contributed by atoms with Gasteiger partial charge in [-0.05, 0) is 41.8 Å². The van der Waals surface area contributed by atoms with Crippen molar-refractivity contribution in [1.82, 2.24) is 9.88 Å². The van der Waals surface area contributed by atoms with Crippen molar-refractivity contribution in [2.24, 2.45) is 0 Å². The number of H-pyrrole nitrogens is 1. The molecule has 0 spiro atoms. The van der Waals surface area contributed by atoms with Crippen molar-refractivity contribution in [2.75, 3.05) is 13.1 Å².